The zero-order valence-electron chi connectivity index (χ0n) is 12.2. The molecule has 1 aliphatic rings. The van der Waals surface area contributed by atoms with Crippen LogP contribution in [0.4, 0.5) is 0 Å². The van der Waals surface area contributed by atoms with Gasteiger partial charge in [0.1, 0.15) is 0 Å². The molecule has 1 saturated carbocycles. The Morgan fingerprint density at radius 2 is 1.95 bits per heavy atom. The molecule has 1 N–H and O–H groups in total. The maximum atomic E-state index is 8.82. The van der Waals surface area contributed by atoms with E-state index in [-0.39, 0.29) is 0 Å². The van der Waals surface area contributed by atoms with Crippen LogP contribution in [0.5, 0.6) is 0 Å². The van der Waals surface area contributed by atoms with Crippen molar-refractivity contribution in [1.29, 1.82) is 5.26 Å². The Morgan fingerprint density at radius 1 is 1.25 bits per heavy atom. The van der Waals surface area contributed by atoms with E-state index in [0.717, 1.165) is 30.5 Å². The third kappa shape index (κ3) is 4.23. The lowest BCUT2D eigenvalue weighted by Gasteiger charge is -2.28. The molecular weight excluding hydrogens is 268 g/mol. The molecule has 108 valence electrons. The number of nitrogens with one attached hydrogen (secondary N) is 1. The first kappa shape index (κ1) is 15.4. The van der Waals surface area contributed by atoms with Gasteiger partial charge in [0.2, 0.25) is 0 Å². The van der Waals surface area contributed by atoms with Crippen LogP contribution in [-0.2, 0) is 6.54 Å². The van der Waals surface area contributed by atoms with Crippen molar-refractivity contribution in [3.05, 3.63) is 34.3 Å². The van der Waals surface area contributed by atoms with Gasteiger partial charge in [-0.1, -0.05) is 43.9 Å². The number of rotatable bonds is 5. The van der Waals surface area contributed by atoms with Crippen molar-refractivity contribution >= 4 is 11.6 Å². The van der Waals surface area contributed by atoms with Gasteiger partial charge in [-0.05, 0) is 48.9 Å². The highest BCUT2D eigenvalue weighted by Gasteiger charge is 2.19. The summed E-state index contributed by atoms with van der Waals surface area (Å²) < 4.78 is 0. The fourth-order valence-electron chi connectivity index (χ4n) is 3.02. The van der Waals surface area contributed by atoms with Crippen LogP contribution in [0.2, 0.25) is 5.02 Å². The van der Waals surface area contributed by atoms with Crippen LogP contribution in [0.15, 0.2) is 18.2 Å². The van der Waals surface area contributed by atoms with E-state index in [0.29, 0.717) is 10.6 Å². The fraction of sp³-hybridized carbons (Fsp3) is 0.588. The topological polar surface area (TPSA) is 35.8 Å². The molecule has 0 unspecified atom stereocenters. The van der Waals surface area contributed by atoms with Crippen molar-refractivity contribution in [3.8, 4) is 6.07 Å². The van der Waals surface area contributed by atoms with E-state index < -0.39 is 0 Å². The van der Waals surface area contributed by atoms with E-state index in [1.54, 1.807) is 6.07 Å². The Morgan fingerprint density at radius 3 is 2.55 bits per heavy atom. The lowest BCUT2D eigenvalue weighted by Crippen LogP contribution is -2.26. The summed E-state index contributed by atoms with van der Waals surface area (Å²) in [5.41, 5.74) is 1.70. The maximum absolute atomic E-state index is 8.82. The van der Waals surface area contributed by atoms with Gasteiger partial charge in [0.05, 0.1) is 11.6 Å². The average molecular weight is 291 g/mol. The van der Waals surface area contributed by atoms with Crippen molar-refractivity contribution in [3.63, 3.8) is 0 Å². The predicted molar refractivity (Wildman–Crippen MR) is 83.6 cm³/mol. The minimum atomic E-state index is 0.622. The second-order valence-corrected chi connectivity index (χ2v) is 6.25. The molecule has 20 heavy (non-hydrogen) atoms. The molecule has 2 rings (SSSR count). The van der Waals surface area contributed by atoms with Gasteiger partial charge in [0.15, 0.2) is 0 Å². The highest BCUT2D eigenvalue weighted by Crippen LogP contribution is 2.30. The molecular formula is C17H23ClN2. The Kier molecular flexibility index (Phi) is 5.88. The van der Waals surface area contributed by atoms with Crippen LogP contribution in [0.25, 0.3) is 0 Å². The van der Waals surface area contributed by atoms with E-state index in [4.69, 9.17) is 16.9 Å². The molecule has 1 aromatic carbocycles. The van der Waals surface area contributed by atoms with Gasteiger partial charge in [-0.3, -0.25) is 0 Å². The Labute approximate surface area is 127 Å². The van der Waals surface area contributed by atoms with E-state index in [1.807, 2.05) is 12.1 Å². The average Bonchev–Trinajstić information content (AvgIpc) is 2.49. The Bertz CT molecular complexity index is 470. The SMILES string of the molecule is CCC1CCC(CNCc2ccc(C#N)cc2Cl)CC1. The zero-order valence-corrected chi connectivity index (χ0v) is 12.9. The van der Waals surface area contributed by atoms with Gasteiger partial charge in [-0.15, -0.1) is 0 Å². The summed E-state index contributed by atoms with van der Waals surface area (Å²) >= 11 is 6.18. The van der Waals surface area contributed by atoms with Crippen LogP contribution in [0.1, 0.15) is 50.2 Å². The van der Waals surface area contributed by atoms with Crippen LogP contribution in [0, 0.1) is 23.2 Å². The molecule has 0 amide bonds. The summed E-state index contributed by atoms with van der Waals surface area (Å²) in [5, 5.41) is 13.0. The third-order valence-electron chi connectivity index (χ3n) is 4.47. The van der Waals surface area contributed by atoms with Crippen LogP contribution < -0.4 is 5.32 Å². The van der Waals surface area contributed by atoms with Crippen molar-refractivity contribution in [2.75, 3.05) is 6.54 Å². The van der Waals surface area contributed by atoms with Crippen molar-refractivity contribution in [2.24, 2.45) is 11.8 Å². The maximum Gasteiger partial charge on any atom is 0.0992 e. The molecule has 0 bridgehead atoms. The summed E-state index contributed by atoms with van der Waals surface area (Å²) in [6.07, 6.45) is 6.82. The molecule has 0 spiro atoms. The standard InChI is InChI=1S/C17H23ClN2/c1-2-13-3-5-14(6-4-13)11-20-12-16-8-7-15(10-19)9-17(16)18/h7-9,13-14,20H,2-6,11-12H2,1H3. The molecule has 1 aliphatic carbocycles. The van der Waals surface area contributed by atoms with Crippen LogP contribution in [0.3, 0.4) is 0 Å². The molecule has 0 aliphatic heterocycles. The number of hydrogen-bond acceptors (Lipinski definition) is 2. The summed E-state index contributed by atoms with van der Waals surface area (Å²) in [4.78, 5) is 0. The largest absolute Gasteiger partial charge is 0.312 e. The van der Waals surface area contributed by atoms with Crippen molar-refractivity contribution in [2.45, 2.75) is 45.6 Å². The van der Waals surface area contributed by atoms with Crippen LogP contribution in [-0.4, -0.2) is 6.54 Å². The second kappa shape index (κ2) is 7.67. The first-order valence-electron chi connectivity index (χ1n) is 7.62. The zero-order chi connectivity index (χ0) is 14.4. The quantitative estimate of drug-likeness (QED) is 0.865. The van der Waals surface area contributed by atoms with E-state index in [9.17, 15) is 0 Å². The van der Waals surface area contributed by atoms with E-state index in [2.05, 4.69) is 18.3 Å². The lowest BCUT2D eigenvalue weighted by molar-refractivity contribution is 0.262. The minimum absolute atomic E-state index is 0.622. The summed E-state index contributed by atoms with van der Waals surface area (Å²) in [6.45, 7) is 4.17. The van der Waals surface area contributed by atoms with Gasteiger partial charge in [-0.25, -0.2) is 0 Å². The molecule has 0 radical (unpaired) electrons. The monoisotopic (exact) mass is 290 g/mol. The molecule has 0 saturated heterocycles. The highest BCUT2D eigenvalue weighted by atomic mass is 35.5. The number of nitrogens with zero attached hydrogens (tertiary/aromatic N) is 1. The molecule has 1 aromatic rings. The molecule has 1 fully saturated rings. The second-order valence-electron chi connectivity index (χ2n) is 5.84. The lowest BCUT2D eigenvalue weighted by atomic mass is 9.81. The molecule has 2 nitrogen and oxygen atoms in total. The number of benzene rings is 1. The van der Waals surface area contributed by atoms with E-state index in [1.165, 1.54) is 32.1 Å². The molecule has 0 heterocycles. The van der Waals surface area contributed by atoms with Gasteiger partial charge in [0, 0.05) is 11.6 Å². The summed E-state index contributed by atoms with van der Waals surface area (Å²) in [6, 6.07) is 7.62. The summed E-state index contributed by atoms with van der Waals surface area (Å²) in [7, 11) is 0. The van der Waals surface area contributed by atoms with Gasteiger partial charge in [-0.2, -0.15) is 5.26 Å². The molecule has 0 atom stereocenters. The normalized spacial score (nSPS) is 22.4. The molecule has 0 aromatic heterocycles. The van der Waals surface area contributed by atoms with Gasteiger partial charge >= 0.3 is 0 Å². The molecule has 3 heteroatoms. The smallest absolute Gasteiger partial charge is 0.0992 e. The summed E-state index contributed by atoms with van der Waals surface area (Å²) in [5.74, 6) is 1.77. The Hall–Kier alpha value is -1.04. The van der Waals surface area contributed by atoms with Gasteiger partial charge < -0.3 is 5.32 Å². The number of halogens is 1. The minimum Gasteiger partial charge on any atom is -0.312 e. The first-order valence-corrected chi connectivity index (χ1v) is 8.00. The predicted octanol–water partition coefficient (Wildman–Crippen LogP) is 4.52. The van der Waals surface area contributed by atoms with Crippen molar-refractivity contribution < 1.29 is 0 Å². The Balaban J connectivity index is 1.75. The highest BCUT2D eigenvalue weighted by molar-refractivity contribution is 6.31. The van der Waals surface area contributed by atoms with E-state index >= 15 is 0 Å². The van der Waals surface area contributed by atoms with Crippen LogP contribution >= 0.6 is 11.6 Å². The van der Waals surface area contributed by atoms with Gasteiger partial charge in [0.25, 0.3) is 0 Å². The third-order valence-corrected chi connectivity index (χ3v) is 4.83. The number of nitriles is 1. The number of hydrogen-bond donors (Lipinski definition) is 1. The first-order chi connectivity index (χ1) is 9.72. The van der Waals surface area contributed by atoms with Crippen molar-refractivity contribution in [1.82, 2.24) is 5.32 Å². The fourth-order valence-corrected chi connectivity index (χ4v) is 3.26.